The van der Waals surface area contributed by atoms with Crippen LogP contribution >= 0.6 is 11.8 Å². The quantitative estimate of drug-likeness (QED) is 0.853. The number of H-pyrrole nitrogens is 1. The van der Waals surface area contributed by atoms with E-state index in [9.17, 15) is 4.79 Å². The predicted molar refractivity (Wildman–Crippen MR) is 68.7 cm³/mol. The van der Waals surface area contributed by atoms with Crippen molar-refractivity contribution in [3.8, 4) is 0 Å². The van der Waals surface area contributed by atoms with Gasteiger partial charge < -0.3 is 10.1 Å². The normalized spacial score (nSPS) is 19.5. The number of nitrogens with one attached hydrogen (secondary N) is 1. The number of carboxylic acids is 1. The van der Waals surface area contributed by atoms with E-state index in [1.807, 2.05) is 30.5 Å². The molecule has 1 aliphatic heterocycles. The fourth-order valence-corrected chi connectivity index (χ4v) is 2.87. The van der Waals surface area contributed by atoms with E-state index in [2.05, 4.69) is 9.98 Å². The van der Waals surface area contributed by atoms with Crippen molar-refractivity contribution in [1.29, 1.82) is 0 Å². The van der Waals surface area contributed by atoms with E-state index in [-0.39, 0.29) is 0 Å². The standard InChI is InChI=1S/C12H10N2O2S/c15-12(16)10-6-17-11(14-10)8-1-2-9-7(5-8)3-4-13-9/h1-5,10,13H,6H2,(H,15,16). The van der Waals surface area contributed by atoms with Gasteiger partial charge in [0, 0.05) is 28.4 Å². The van der Waals surface area contributed by atoms with Crippen molar-refractivity contribution in [2.45, 2.75) is 6.04 Å². The molecule has 17 heavy (non-hydrogen) atoms. The minimum atomic E-state index is -0.852. The minimum absolute atomic E-state index is 0.524. The molecule has 1 aliphatic rings. The van der Waals surface area contributed by atoms with Gasteiger partial charge in [-0.25, -0.2) is 4.79 Å². The maximum atomic E-state index is 10.8. The predicted octanol–water partition coefficient (Wildman–Crippen LogP) is 2.11. The Morgan fingerprint density at radius 1 is 1.47 bits per heavy atom. The molecule has 0 radical (unpaired) electrons. The van der Waals surface area contributed by atoms with Gasteiger partial charge in [-0.15, -0.1) is 11.8 Å². The topological polar surface area (TPSA) is 65.4 Å². The summed E-state index contributed by atoms with van der Waals surface area (Å²) in [6.45, 7) is 0. The number of aliphatic carboxylic acids is 1. The molecule has 1 aromatic carbocycles. The Hall–Kier alpha value is -1.75. The van der Waals surface area contributed by atoms with Gasteiger partial charge >= 0.3 is 5.97 Å². The molecule has 0 saturated carbocycles. The molecule has 3 rings (SSSR count). The van der Waals surface area contributed by atoms with Crippen molar-refractivity contribution >= 4 is 33.7 Å². The van der Waals surface area contributed by atoms with Crippen LogP contribution in [0.1, 0.15) is 5.56 Å². The second-order valence-corrected chi connectivity index (χ2v) is 4.89. The lowest BCUT2D eigenvalue weighted by Crippen LogP contribution is -2.17. The highest BCUT2D eigenvalue weighted by Crippen LogP contribution is 2.25. The molecular formula is C12H10N2O2S. The largest absolute Gasteiger partial charge is 0.480 e. The number of nitrogens with zero attached hydrogens (tertiary/aromatic N) is 1. The van der Waals surface area contributed by atoms with Crippen LogP contribution < -0.4 is 0 Å². The highest BCUT2D eigenvalue weighted by atomic mass is 32.2. The zero-order valence-corrected chi connectivity index (χ0v) is 9.70. The lowest BCUT2D eigenvalue weighted by atomic mass is 10.2. The van der Waals surface area contributed by atoms with Crippen LogP contribution in [0.15, 0.2) is 35.5 Å². The molecule has 0 spiro atoms. The van der Waals surface area contributed by atoms with Gasteiger partial charge in [0.15, 0.2) is 6.04 Å². The van der Waals surface area contributed by atoms with Crippen molar-refractivity contribution in [3.63, 3.8) is 0 Å². The van der Waals surface area contributed by atoms with Crippen LogP contribution in [0.25, 0.3) is 10.9 Å². The molecule has 2 aromatic rings. The molecule has 86 valence electrons. The van der Waals surface area contributed by atoms with Crippen molar-refractivity contribution in [1.82, 2.24) is 4.98 Å². The molecule has 5 heteroatoms. The Morgan fingerprint density at radius 2 is 2.35 bits per heavy atom. The Balaban J connectivity index is 1.99. The molecule has 0 amide bonds. The zero-order valence-electron chi connectivity index (χ0n) is 8.88. The van der Waals surface area contributed by atoms with E-state index in [1.54, 1.807) is 0 Å². The number of aliphatic imine (C=N–C) groups is 1. The lowest BCUT2D eigenvalue weighted by Gasteiger charge is -1.99. The monoisotopic (exact) mass is 246 g/mol. The van der Waals surface area contributed by atoms with Gasteiger partial charge in [-0.2, -0.15) is 0 Å². The molecule has 0 fully saturated rings. The third kappa shape index (κ3) is 1.82. The van der Waals surface area contributed by atoms with Crippen LogP contribution in [0.3, 0.4) is 0 Å². The summed E-state index contributed by atoms with van der Waals surface area (Å²) in [4.78, 5) is 18.2. The molecule has 2 heterocycles. The number of aromatic amines is 1. The number of carbonyl (C=O) groups is 1. The lowest BCUT2D eigenvalue weighted by molar-refractivity contribution is -0.137. The summed E-state index contributed by atoms with van der Waals surface area (Å²) in [6, 6.07) is 7.38. The Bertz CT molecular complexity index is 618. The smallest absolute Gasteiger partial charge is 0.329 e. The molecule has 0 bridgehead atoms. The average Bonchev–Trinajstić information content (AvgIpc) is 2.97. The third-order valence-electron chi connectivity index (χ3n) is 2.74. The van der Waals surface area contributed by atoms with Crippen molar-refractivity contribution in [2.24, 2.45) is 4.99 Å². The summed E-state index contributed by atoms with van der Waals surface area (Å²) in [5.41, 5.74) is 2.07. The summed E-state index contributed by atoms with van der Waals surface area (Å²) < 4.78 is 0. The first-order valence-corrected chi connectivity index (χ1v) is 6.23. The molecule has 1 unspecified atom stereocenters. The molecule has 4 nitrogen and oxygen atoms in total. The number of fused-ring (bicyclic) bond motifs is 1. The molecule has 0 saturated heterocycles. The van der Waals surface area contributed by atoms with Gasteiger partial charge in [-0.3, -0.25) is 4.99 Å². The number of aromatic nitrogens is 1. The highest BCUT2D eigenvalue weighted by molar-refractivity contribution is 8.14. The molecule has 0 aliphatic carbocycles. The number of hydrogen-bond donors (Lipinski definition) is 2. The zero-order chi connectivity index (χ0) is 11.8. The molecule has 1 aromatic heterocycles. The maximum Gasteiger partial charge on any atom is 0.329 e. The van der Waals surface area contributed by atoms with Gasteiger partial charge in [0.2, 0.25) is 0 Å². The first-order chi connectivity index (χ1) is 8.24. The van der Waals surface area contributed by atoms with Crippen molar-refractivity contribution < 1.29 is 9.90 Å². The van der Waals surface area contributed by atoms with Crippen molar-refractivity contribution in [2.75, 3.05) is 5.75 Å². The van der Waals surface area contributed by atoms with Gasteiger partial charge in [-0.1, -0.05) is 6.07 Å². The van der Waals surface area contributed by atoms with E-state index in [0.29, 0.717) is 5.75 Å². The van der Waals surface area contributed by atoms with Crippen LogP contribution in [0, 0.1) is 0 Å². The fourth-order valence-electron chi connectivity index (χ4n) is 1.84. The van der Waals surface area contributed by atoms with Crippen LogP contribution in [-0.2, 0) is 4.79 Å². The number of rotatable bonds is 2. The average molecular weight is 246 g/mol. The molecule has 1 atom stereocenters. The number of thioether (sulfide) groups is 1. The SMILES string of the molecule is O=C(O)C1CSC(c2ccc3[nH]ccc3c2)=N1. The number of benzene rings is 1. The van der Waals surface area contributed by atoms with E-state index in [4.69, 9.17) is 5.11 Å². The summed E-state index contributed by atoms with van der Waals surface area (Å²) in [5.74, 6) is -0.328. The van der Waals surface area contributed by atoms with E-state index >= 15 is 0 Å². The van der Waals surface area contributed by atoms with Gasteiger partial charge in [0.25, 0.3) is 0 Å². The Kier molecular flexibility index (Phi) is 2.40. The second-order valence-electron chi connectivity index (χ2n) is 3.88. The van der Waals surface area contributed by atoms with E-state index in [0.717, 1.165) is 21.5 Å². The van der Waals surface area contributed by atoms with Crippen LogP contribution in [0.4, 0.5) is 0 Å². The van der Waals surface area contributed by atoms with E-state index in [1.165, 1.54) is 11.8 Å². The summed E-state index contributed by atoms with van der Waals surface area (Å²) in [7, 11) is 0. The number of hydrogen-bond acceptors (Lipinski definition) is 3. The Morgan fingerprint density at radius 3 is 3.12 bits per heavy atom. The fraction of sp³-hybridized carbons (Fsp3) is 0.167. The maximum absolute atomic E-state index is 10.8. The molecular weight excluding hydrogens is 236 g/mol. The first-order valence-electron chi connectivity index (χ1n) is 5.25. The third-order valence-corrected chi connectivity index (χ3v) is 3.83. The summed E-state index contributed by atoms with van der Waals surface area (Å²) >= 11 is 1.50. The van der Waals surface area contributed by atoms with Crippen LogP contribution in [-0.4, -0.2) is 32.9 Å². The van der Waals surface area contributed by atoms with E-state index < -0.39 is 12.0 Å². The van der Waals surface area contributed by atoms with Crippen molar-refractivity contribution in [3.05, 3.63) is 36.0 Å². The van der Waals surface area contributed by atoms with Crippen LogP contribution in [0.2, 0.25) is 0 Å². The molecule has 2 N–H and O–H groups in total. The van der Waals surface area contributed by atoms with Gasteiger partial charge in [0.1, 0.15) is 0 Å². The second kappa shape index (κ2) is 3.92. The highest BCUT2D eigenvalue weighted by Gasteiger charge is 2.25. The first kappa shape index (κ1) is 10.4. The minimum Gasteiger partial charge on any atom is -0.480 e. The van der Waals surface area contributed by atoms with Gasteiger partial charge in [-0.05, 0) is 18.2 Å². The Labute approximate surface area is 102 Å². The summed E-state index contributed by atoms with van der Waals surface area (Å²) in [5, 5.41) is 10.8. The van der Waals surface area contributed by atoms with Gasteiger partial charge in [0.05, 0.1) is 5.04 Å². The number of carboxylic acid groups (broad SMARTS) is 1. The summed E-state index contributed by atoms with van der Waals surface area (Å²) in [6.07, 6.45) is 1.89. The van der Waals surface area contributed by atoms with Crippen LogP contribution in [0.5, 0.6) is 0 Å².